The van der Waals surface area contributed by atoms with E-state index in [9.17, 15) is 18.0 Å². The average molecular weight is 492 g/mol. The molecule has 0 spiro atoms. The van der Waals surface area contributed by atoms with Crippen molar-refractivity contribution in [3.8, 4) is 0 Å². The SMILES string of the molecule is O=C(Nc1nnc(NC2CCN(c3nc4ncccc4s3)C2)s1)c1ccc(C(F)(F)F)cc1. The highest BCUT2D eigenvalue weighted by molar-refractivity contribution is 7.22. The van der Waals surface area contributed by atoms with Crippen molar-refractivity contribution in [2.45, 2.75) is 18.6 Å². The summed E-state index contributed by atoms with van der Waals surface area (Å²) in [7, 11) is 0. The van der Waals surface area contributed by atoms with Crippen LogP contribution in [0, 0.1) is 0 Å². The number of aromatic nitrogens is 4. The van der Waals surface area contributed by atoms with Gasteiger partial charge in [-0.2, -0.15) is 18.2 Å². The van der Waals surface area contributed by atoms with Crippen molar-refractivity contribution in [2.75, 3.05) is 28.6 Å². The van der Waals surface area contributed by atoms with Crippen molar-refractivity contribution in [3.05, 3.63) is 53.7 Å². The monoisotopic (exact) mass is 491 g/mol. The Morgan fingerprint density at radius 2 is 1.88 bits per heavy atom. The van der Waals surface area contributed by atoms with E-state index in [4.69, 9.17) is 0 Å². The molecule has 4 aromatic rings. The van der Waals surface area contributed by atoms with Gasteiger partial charge in [-0.1, -0.05) is 22.7 Å². The molecule has 0 bridgehead atoms. The van der Waals surface area contributed by atoms with Crippen LogP contribution in [0.4, 0.5) is 28.6 Å². The van der Waals surface area contributed by atoms with Gasteiger partial charge in [0.1, 0.15) is 0 Å². The molecule has 1 aliphatic heterocycles. The van der Waals surface area contributed by atoms with E-state index >= 15 is 0 Å². The fourth-order valence-electron chi connectivity index (χ4n) is 3.43. The number of thiazole rings is 1. The Balaban J connectivity index is 1.18. The van der Waals surface area contributed by atoms with Gasteiger partial charge in [0.25, 0.3) is 5.91 Å². The van der Waals surface area contributed by atoms with Crippen LogP contribution >= 0.6 is 22.7 Å². The second-order valence-electron chi connectivity index (χ2n) is 7.34. The molecule has 33 heavy (non-hydrogen) atoms. The maximum atomic E-state index is 12.7. The normalized spacial score (nSPS) is 16.3. The molecule has 1 saturated heterocycles. The number of benzene rings is 1. The van der Waals surface area contributed by atoms with Crippen LogP contribution in [0.25, 0.3) is 10.3 Å². The van der Waals surface area contributed by atoms with Gasteiger partial charge in [0.15, 0.2) is 10.8 Å². The number of pyridine rings is 1. The molecule has 1 amide bonds. The summed E-state index contributed by atoms with van der Waals surface area (Å²) in [6.07, 6.45) is -1.84. The molecule has 0 radical (unpaired) electrons. The zero-order valence-electron chi connectivity index (χ0n) is 16.8. The molecule has 1 aromatic carbocycles. The Hall–Kier alpha value is -3.32. The van der Waals surface area contributed by atoms with E-state index < -0.39 is 17.6 Å². The predicted octanol–water partition coefficient (Wildman–Crippen LogP) is 4.50. The zero-order valence-corrected chi connectivity index (χ0v) is 18.5. The van der Waals surface area contributed by atoms with Crippen molar-refractivity contribution in [1.29, 1.82) is 0 Å². The van der Waals surface area contributed by atoms with Crippen molar-refractivity contribution in [3.63, 3.8) is 0 Å². The van der Waals surface area contributed by atoms with E-state index in [-0.39, 0.29) is 16.7 Å². The van der Waals surface area contributed by atoms with Crippen LogP contribution in [0.15, 0.2) is 42.6 Å². The second kappa shape index (κ2) is 8.56. The first kappa shape index (κ1) is 21.5. The molecule has 170 valence electrons. The quantitative estimate of drug-likeness (QED) is 0.424. The Kier molecular flexibility index (Phi) is 5.58. The number of nitrogens with zero attached hydrogens (tertiary/aromatic N) is 5. The summed E-state index contributed by atoms with van der Waals surface area (Å²) in [5.41, 5.74) is 0.0325. The lowest BCUT2D eigenvalue weighted by Gasteiger charge is -2.14. The van der Waals surface area contributed by atoms with Crippen LogP contribution in [0.1, 0.15) is 22.3 Å². The summed E-state index contributed by atoms with van der Waals surface area (Å²) in [5, 5.41) is 15.6. The molecule has 1 aliphatic rings. The number of alkyl halides is 3. The van der Waals surface area contributed by atoms with Crippen LogP contribution in [0.5, 0.6) is 0 Å². The highest BCUT2D eigenvalue weighted by atomic mass is 32.1. The molecule has 0 aliphatic carbocycles. The van der Waals surface area contributed by atoms with Crippen molar-refractivity contribution in [2.24, 2.45) is 0 Å². The minimum Gasteiger partial charge on any atom is -0.355 e. The molecule has 8 nitrogen and oxygen atoms in total. The Bertz CT molecular complexity index is 1260. The lowest BCUT2D eigenvalue weighted by molar-refractivity contribution is -0.137. The minimum atomic E-state index is -4.45. The Morgan fingerprint density at radius 1 is 1.09 bits per heavy atom. The number of fused-ring (bicyclic) bond motifs is 1. The lowest BCUT2D eigenvalue weighted by Crippen LogP contribution is -2.25. The standard InChI is InChI=1S/C20H16F3N7OS2/c21-20(22,23)12-5-3-11(4-6-12)16(31)27-18-29-28-17(33-18)25-13-7-9-30(10-13)19-26-15-14(32-19)2-1-8-24-15/h1-6,8,13H,7,9-10H2,(H,25,28)(H,27,29,31). The van der Waals surface area contributed by atoms with Crippen LogP contribution in [0.2, 0.25) is 0 Å². The van der Waals surface area contributed by atoms with Gasteiger partial charge in [0, 0.05) is 30.9 Å². The van der Waals surface area contributed by atoms with Gasteiger partial charge in [0.2, 0.25) is 10.3 Å². The van der Waals surface area contributed by atoms with Gasteiger partial charge in [-0.3, -0.25) is 10.1 Å². The number of anilines is 3. The van der Waals surface area contributed by atoms with E-state index in [1.165, 1.54) is 0 Å². The van der Waals surface area contributed by atoms with E-state index in [0.717, 1.165) is 70.6 Å². The molecule has 3 aromatic heterocycles. The number of halogens is 3. The van der Waals surface area contributed by atoms with Crippen LogP contribution in [-0.4, -0.2) is 45.2 Å². The smallest absolute Gasteiger partial charge is 0.355 e. The third-order valence-electron chi connectivity index (χ3n) is 5.06. The second-order valence-corrected chi connectivity index (χ2v) is 9.33. The summed E-state index contributed by atoms with van der Waals surface area (Å²) < 4.78 is 39.1. The average Bonchev–Trinajstić information content (AvgIpc) is 3.53. The maximum Gasteiger partial charge on any atom is 0.416 e. The number of amides is 1. The largest absolute Gasteiger partial charge is 0.416 e. The summed E-state index contributed by atoms with van der Waals surface area (Å²) in [5.74, 6) is -0.553. The molecular weight excluding hydrogens is 475 g/mol. The molecule has 0 saturated carbocycles. The highest BCUT2D eigenvalue weighted by Crippen LogP contribution is 2.31. The van der Waals surface area contributed by atoms with Crippen LogP contribution in [-0.2, 0) is 6.18 Å². The van der Waals surface area contributed by atoms with Gasteiger partial charge in [-0.25, -0.2) is 4.98 Å². The number of hydrogen-bond acceptors (Lipinski definition) is 9. The third-order valence-corrected chi connectivity index (χ3v) is 6.90. The molecule has 1 fully saturated rings. The zero-order chi connectivity index (χ0) is 23.0. The lowest BCUT2D eigenvalue weighted by atomic mass is 10.1. The number of hydrogen-bond donors (Lipinski definition) is 2. The first-order chi connectivity index (χ1) is 15.8. The van der Waals surface area contributed by atoms with Gasteiger partial charge >= 0.3 is 6.18 Å². The summed E-state index contributed by atoms with van der Waals surface area (Å²) in [6.45, 7) is 1.58. The minimum absolute atomic E-state index is 0.101. The molecule has 5 rings (SSSR count). The first-order valence-electron chi connectivity index (χ1n) is 9.90. The summed E-state index contributed by atoms with van der Waals surface area (Å²) in [6, 6.07) is 8.02. The number of carbonyl (C=O) groups excluding carboxylic acids is 1. The molecule has 2 N–H and O–H groups in total. The fraction of sp³-hybridized carbons (Fsp3) is 0.250. The van der Waals surface area contributed by atoms with Gasteiger partial charge in [0.05, 0.1) is 10.3 Å². The van der Waals surface area contributed by atoms with Crippen LogP contribution < -0.4 is 15.5 Å². The maximum absolute atomic E-state index is 12.7. The Labute approximate surface area is 193 Å². The topological polar surface area (TPSA) is 95.9 Å². The predicted molar refractivity (Wildman–Crippen MR) is 121 cm³/mol. The Morgan fingerprint density at radius 3 is 2.64 bits per heavy atom. The third kappa shape index (κ3) is 4.73. The highest BCUT2D eigenvalue weighted by Gasteiger charge is 2.30. The number of carbonyl (C=O) groups is 1. The van der Waals surface area contributed by atoms with E-state index in [1.54, 1.807) is 17.5 Å². The van der Waals surface area contributed by atoms with Gasteiger partial charge in [-0.05, 0) is 42.8 Å². The number of rotatable bonds is 5. The molecule has 1 unspecified atom stereocenters. The fourth-order valence-corrected chi connectivity index (χ4v) is 5.11. The number of nitrogens with one attached hydrogen (secondary N) is 2. The van der Waals surface area contributed by atoms with Crippen molar-refractivity contribution >= 4 is 54.3 Å². The van der Waals surface area contributed by atoms with Crippen molar-refractivity contribution in [1.82, 2.24) is 20.2 Å². The molecule has 1 atom stereocenters. The van der Waals surface area contributed by atoms with E-state index in [2.05, 4.69) is 35.7 Å². The first-order valence-corrected chi connectivity index (χ1v) is 11.5. The molecule has 13 heteroatoms. The van der Waals surface area contributed by atoms with E-state index in [0.29, 0.717) is 5.13 Å². The van der Waals surface area contributed by atoms with E-state index in [1.807, 2.05) is 12.1 Å². The summed E-state index contributed by atoms with van der Waals surface area (Å²) in [4.78, 5) is 23.4. The summed E-state index contributed by atoms with van der Waals surface area (Å²) >= 11 is 2.77. The molecule has 4 heterocycles. The van der Waals surface area contributed by atoms with Gasteiger partial charge in [-0.15, -0.1) is 10.2 Å². The van der Waals surface area contributed by atoms with Crippen LogP contribution in [0.3, 0.4) is 0 Å². The van der Waals surface area contributed by atoms with Crippen molar-refractivity contribution < 1.29 is 18.0 Å². The molecular formula is C20H16F3N7OS2. The van der Waals surface area contributed by atoms with Gasteiger partial charge < -0.3 is 10.2 Å².